The first-order valence-electron chi connectivity index (χ1n) is 12.3. The molecule has 0 saturated carbocycles. The second kappa shape index (κ2) is 12.5. The molecule has 0 N–H and O–H groups in total. The first-order chi connectivity index (χ1) is 19.8. The third-order valence-corrected chi connectivity index (χ3v) is 7.12. The van der Waals surface area contributed by atoms with Gasteiger partial charge in [-0.15, -0.1) is 0 Å². The zero-order chi connectivity index (χ0) is 30.8. The fourth-order valence-electron chi connectivity index (χ4n) is 4.01. The Morgan fingerprint density at radius 2 is 1.74 bits per heavy atom. The Kier molecular flexibility index (Phi) is 9.25. The topological polar surface area (TPSA) is 107 Å². The fraction of sp³-hybridized carbons (Fsp3) is 0.346. The normalized spacial score (nSPS) is 14.1. The van der Waals surface area contributed by atoms with Crippen molar-refractivity contribution >= 4 is 27.8 Å². The Hall–Kier alpha value is -3.92. The van der Waals surface area contributed by atoms with E-state index in [1.165, 1.54) is 19.3 Å². The van der Waals surface area contributed by atoms with Crippen LogP contribution in [0.5, 0.6) is 11.5 Å². The molecular formula is C26H23BrF5N5O5. The standard InChI is InChI=1S/C26H23BrF5N5O5/c1-14-21(42-25(40)26(30,31)32)22(41-13-15-3-4-16(28)9-18(15)29)20(27)24(39)37(14)12-17-10-34-19(11-33-17)23(38)36-7-5-35(2)6-8-36/h3-4,9-11H,5-8,12-13H2,1-2H3. The highest BCUT2D eigenvalue weighted by atomic mass is 79.9. The van der Waals surface area contributed by atoms with Crippen LogP contribution in [0.1, 0.15) is 27.4 Å². The van der Waals surface area contributed by atoms with Crippen LogP contribution < -0.4 is 15.0 Å². The quantitative estimate of drug-likeness (QED) is 0.281. The van der Waals surface area contributed by atoms with Crippen molar-refractivity contribution in [1.29, 1.82) is 0 Å². The summed E-state index contributed by atoms with van der Waals surface area (Å²) in [5.74, 6) is -6.14. The number of carbonyl (C=O) groups is 2. The monoisotopic (exact) mass is 659 g/mol. The lowest BCUT2D eigenvalue weighted by Gasteiger charge is -2.32. The second-order valence-corrected chi connectivity index (χ2v) is 10.1. The molecule has 3 heterocycles. The number of piperazine rings is 1. The number of rotatable bonds is 7. The predicted octanol–water partition coefficient (Wildman–Crippen LogP) is 3.47. The van der Waals surface area contributed by atoms with Crippen LogP contribution in [0.4, 0.5) is 22.0 Å². The molecule has 1 amide bonds. The van der Waals surface area contributed by atoms with E-state index < -0.39 is 51.9 Å². The van der Waals surface area contributed by atoms with Gasteiger partial charge in [0.25, 0.3) is 11.5 Å². The van der Waals surface area contributed by atoms with Gasteiger partial charge in [0.2, 0.25) is 0 Å². The Labute approximate surface area is 243 Å². The smallest absolute Gasteiger partial charge is 0.483 e. The van der Waals surface area contributed by atoms with Gasteiger partial charge in [-0.25, -0.2) is 18.6 Å². The van der Waals surface area contributed by atoms with Crippen molar-refractivity contribution in [3.63, 3.8) is 0 Å². The van der Waals surface area contributed by atoms with Gasteiger partial charge >= 0.3 is 12.1 Å². The molecule has 4 rings (SSSR count). The first-order valence-corrected chi connectivity index (χ1v) is 13.1. The summed E-state index contributed by atoms with van der Waals surface area (Å²) in [4.78, 5) is 49.7. The summed E-state index contributed by atoms with van der Waals surface area (Å²) in [6.45, 7) is 2.67. The SMILES string of the molecule is Cc1c(OC(=O)C(F)(F)F)c(OCc2ccc(F)cc2F)c(Br)c(=O)n1Cc1cnc(C(=O)N2CCN(C)CC2)cn1. The summed E-state index contributed by atoms with van der Waals surface area (Å²) in [6.07, 6.45) is -2.92. The molecule has 0 spiro atoms. The minimum absolute atomic E-state index is 0.0742. The highest BCUT2D eigenvalue weighted by molar-refractivity contribution is 9.10. The van der Waals surface area contributed by atoms with Crippen molar-refractivity contribution in [3.8, 4) is 11.5 Å². The molecule has 224 valence electrons. The molecule has 1 aliphatic rings. The maximum Gasteiger partial charge on any atom is 0.491 e. The minimum atomic E-state index is -5.39. The number of amides is 1. The molecule has 42 heavy (non-hydrogen) atoms. The highest BCUT2D eigenvalue weighted by Gasteiger charge is 2.42. The zero-order valence-electron chi connectivity index (χ0n) is 22.2. The van der Waals surface area contributed by atoms with Crippen LogP contribution in [-0.4, -0.2) is 75.6 Å². The molecule has 0 aliphatic carbocycles. The van der Waals surface area contributed by atoms with Crippen LogP contribution in [0.15, 0.2) is 39.9 Å². The largest absolute Gasteiger partial charge is 0.491 e. The summed E-state index contributed by atoms with van der Waals surface area (Å²) in [7, 11) is 1.94. The van der Waals surface area contributed by atoms with Crippen molar-refractivity contribution < 1.29 is 41.0 Å². The lowest BCUT2D eigenvalue weighted by Crippen LogP contribution is -2.47. The minimum Gasteiger partial charge on any atom is -0.483 e. The van der Waals surface area contributed by atoms with Crippen LogP contribution in [0.3, 0.4) is 0 Å². The molecule has 1 aromatic carbocycles. The number of likely N-dealkylation sites (N-methyl/N-ethyl adjacent to an activating group) is 1. The Balaban J connectivity index is 1.64. The molecule has 1 aliphatic heterocycles. The lowest BCUT2D eigenvalue weighted by atomic mass is 10.2. The van der Waals surface area contributed by atoms with Crippen molar-refractivity contribution in [3.05, 3.63) is 79.7 Å². The van der Waals surface area contributed by atoms with Gasteiger partial charge in [-0.2, -0.15) is 13.2 Å². The number of ether oxygens (including phenoxy) is 2. The molecule has 0 bridgehead atoms. The third kappa shape index (κ3) is 6.92. The fourth-order valence-corrected chi connectivity index (χ4v) is 4.52. The Bertz CT molecular complexity index is 1560. The molecule has 3 aromatic rings. The van der Waals surface area contributed by atoms with E-state index in [1.807, 2.05) is 7.05 Å². The summed E-state index contributed by atoms with van der Waals surface area (Å²) in [6, 6.07) is 2.56. The number of alkyl halides is 3. The van der Waals surface area contributed by atoms with Crippen LogP contribution >= 0.6 is 15.9 Å². The van der Waals surface area contributed by atoms with Crippen molar-refractivity contribution in [2.24, 2.45) is 0 Å². The summed E-state index contributed by atoms with van der Waals surface area (Å²) < 4.78 is 77.2. The van der Waals surface area contributed by atoms with E-state index in [-0.39, 0.29) is 35.1 Å². The molecule has 10 nitrogen and oxygen atoms in total. The molecular weight excluding hydrogens is 637 g/mol. The predicted molar refractivity (Wildman–Crippen MR) is 140 cm³/mol. The number of pyridine rings is 1. The molecule has 0 unspecified atom stereocenters. The lowest BCUT2D eigenvalue weighted by molar-refractivity contribution is -0.189. The Morgan fingerprint density at radius 1 is 1.05 bits per heavy atom. The zero-order valence-corrected chi connectivity index (χ0v) is 23.8. The number of hydrogen-bond acceptors (Lipinski definition) is 8. The first kappa shape index (κ1) is 31.0. The summed E-state index contributed by atoms with van der Waals surface area (Å²) in [5, 5.41) is 0. The number of esters is 1. The average molecular weight is 660 g/mol. The maximum absolute atomic E-state index is 14.1. The van der Waals surface area contributed by atoms with E-state index in [2.05, 4.69) is 35.5 Å². The Morgan fingerprint density at radius 3 is 2.33 bits per heavy atom. The number of nitrogens with zero attached hydrogens (tertiary/aromatic N) is 5. The van der Waals surface area contributed by atoms with Gasteiger partial charge in [0, 0.05) is 37.8 Å². The van der Waals surface area contributed by atoms with Crippen LogP contribution in [0.25, 0.3) is 0 Å². The van der Waals surface area contributed by atoms with E-state index in [0.717, 1.165) is 16.7 Å². The number of halogens is 6. The van der Waals surface area contributed by atoms with E-state index >= 15 is 0 Å². The maximum atomic E-state index is 14.1. The second-order valence-electron chi connectivity index (χ2n) is 9.35. The van der Waals surface area contributed by atoms with E-state index in [9.17, 15) is 36.3 Å². The third-order valence-electron chi connectivity index (χ3n) is 6.42. The van der Waals surface area contributed by atoms with Crippen LogP contribution in [-0.2, 0) is 17.9 Å². The van der Waals surface area contributed by atoms with E-state index in [1.54, 1.807) is 4.90 Å². The van der Waals surface area contributed by atoms with Gasteiger partial charge in [0.1, 0.15) is 28.4 Å². The summed E-state index contributed by atoms with van der Waals surface area (Å²) in [5.41, 5.74) is -1.01. The van der Waals surface area contributed by atoms with Gasteiger partial charge in [-0.05, 0) is 42.0 Å². The van der Waals surface area contributed by atoms with E-state index in [0.29, 0.717) is 32.2 Å². The van der Waals surface area contributed by atoms with Crippen LogP contribution in [0, 0.1) is 18.6 Å². The summed E-state index contributed by atoms with van der Waals surface area (Å²) >= 11 is 2.98. The van der Waals surface area contributed by atoms with Crippen molar-refractivity contribution in [1.82, 2.24) is 24.3 Å². The molecule has 1 saturated heterocycles. The van der Waals surface area contributed by atoms with E-state index in [4.69, 9.17) is 4.74 Å². The number of hydrogen-bond donors (Lipinski definition) is 0. The van der Waals surface area contributed by atoms with Gasteiger partial charge in [0.15, 0.2) is 11.5 Å². The molecule has 0 radical (unpaired) electrons. The highest BCUT2D eigenvalue weighted by Crippen LogP contribution is 2.38. The molecule has 0 atom stereocenters. The molecule has 16 heteroatoms. The van der Waals surface area contributed by atoms with Gasteiger partial charge in [-0.3, -0.25) is 14.6 Å². The van der Waals surface area contributed by atoms with Gasteiger partial charge in [0.05, 0.1) is 30.3 Å². The van der Waals surface area contributed by atoms with Crippen molar-refractivity contribution in [2.45, 2.75) is 26.3 Å². The number of carbonyl (C=O) groups excluding carboxylic acids is 2. The van der Waals surface area contributed by atoms with Gasteiger partial charge in [-0.1, -0.05) is 0 Å². The molecule has 2 aromatic heterocycles. The number of aromatic nitrogens is 3. The van der Waals surface area contributed by atoms with Crippen molar-refractivity contribution in [2.75, 3.05) is 33.2 Å². The number of benzene rings is 1. The van der Waals surface area contributed by atoms with Crippen LogP contribution in [0.2, 0.25) is 0 Å². The average Bonchev–Trinajstić information content (AvgIpc) is 2.94. The van der Waals surface area contributed by atoms with Gasteiger partial charge < -0.3 is 23.8 Å². The molecule has 1 fully saturated rings.